The fourth-order valence-corrected chi connectivity index (χ4v) is 3.36. The summed E-state index contributed by atoms with van der Waals surface area (Å²) in [5.74, 6) is 1.63. The molecule has 1 fully saturated rings. The first-order valence-electron chi connectivity index (χ1n) is 8.58. The molecule has 0 aromatic carbocycles. The Hall–Kier alpha value is -2.24. The molecular weight excluding hydrogens is 304 g/mol. The number of hydrogen-bond acceptors (Lipinski definition) is 6. The van der Waals surface area contributed by atoms with Gasteiger partial charge in [0.25, 0.3) is 5.71 Å². The Kier molecular flexibility index (Phi) is 3.62. The molecule has 0 atom stereocenters. The molecule has 0 saturated heterocycles. The third kappa shape index (κ3) is 2.92. The SMILES string of the molecule is CC(C)(C)Cc1nnc(-c2cnc3onc(C4CCCC4)c3c2)o1. The summed E-state index contributed by atoms with van der Waals surface area (Å²) in [6.07, 6.45) is 7.30. The van der Waals surface area contributed by atoms with Gasteiger partial charge < -0.3 is 8.94 Å². The average Bonchev–Trinajstić information content (AvgIpc) is 3.24. The predicted molar refractivity (Wildman–Crippen MR) is 89.5 cm³/mol. The molecule has 0 N–H and O–H groups in total. The van der Waals surface area contributed by atoms with Crippen LogP contribution in [0.4, 0.5) is 0 Å². The molecule has 1 aliphatic rings. The second-order valence-electron chi connectivity index (χ2n) is 7.86. The number of hydrogen-bond donors (Lipinski definition) is 0. The lowest BCUT2D eigenvalue weighted by atomic mass is 9.92. The summed E-state index contributed by atoms with van der Waals surface area (Å²) in [5, 5.41) is 13.6. The molecule has 0 amide bonds. The molecule has 3 aromatic rings. The smallest absolute Gasteiger partial charge is 0.257 e. The topological polar surface area (TPSA) is 77.8 Å². The maximum Gasteiger partial charge on any atom is 0.257 e. The Morgan fingerprint density at radius 2 is 1.96 bits per heavy atom. The van der Waals surface area contributed by atoms with Crippen molar-refractivity contribution in [3.05, 3.63) is 23.8 Å². The van der Waals surface area contributed by atoms with Crippen LogP contribution < -0.4 is 0 Å². The molecule has 0 bridgehead atoms. The Morgan fingerprint density at radius 1 is 1.17 bits per heavy atom. The lowest BCUT2D eigenvalue weighted by Gasteiger charge is -2.14. The molecule has 0 spiro atoms. The molecule has 126 valence electrons. The third-order valence-corrected chi connectivity index (χ3v) is 4.49. The molecule has 0 aliphatic heterocycles. The van der Waals surface area contributed by atoms with Crippen molar-refractivity contribution in [2.45, 2.75) is 58.8 Å². The zero-order valence-electron chi connectivity index (χ0n) is 14.4. The lowest BCUT2D eigenvalue weighted by Crippen LogP contribution is -2.09. The van der Waals surface area contributed by atoms with E-state index in [9.17, 15) is 0 Å². The monoisotopic (exact) mass is 326 g/mol. The summed E-state index contributed by atoms with van der Waals surface area (Å²) in [6, 6.07) is 2.01. The molecule has 24 heavy (non-hydrogen) atoms. The van der Waals surface area contributed by atoms with Crippen LogP contribution in [0.15, 0.2) is 21.2 Å². The normalized spacial score (nSPS) is 16.3. The maximum absolute atomic E-state index is 5.82. The van der Waals surface area contributed by atoms with Crippen LogP contribution in [0.5, 0.6) is 0 Å². The van der Waals surface area contributed by atoms with Crippen molar-refractivity contribution in [3.8, 4) is 11.5 Å². The van der Waals surface area contributed by atoms with Crippen LogP contribution >= 0.6 is 0 Å². The van der Waals surface area contributed by atoms with Crippen molar-refractivity contribution in [2.24, 2.45) is 5.41 Å². The van der Waals surface area contributed by atoms with Gasteiger partial charge in [-0.2, -0.15) is 0 Å². The van der Waals surface area contributed by atoms with E-state index in [1.165, 1.54) is 25.7 Å². The lowest BCUT2D eigenvalue weighted by molar-refractivity contribution is 0.357. The van der Waals surface area contributed by atoms with Gasteiger partial charge in [0.1, 0.15) is 0 Å². The third-order valence-electron chi connectivity index (χ3n) is 4.49. The van der Waals surface area contributed by atoms with Gasteiger partial charge in [-0.05, 0) is 24.3 Å². The van der Waals surface area contributed by atoms with Crippen molar-refractivity contribution in [3.63, 3.8) is 0 Å². The van der Waals surface area contributed by atoms with Gasteiger partial charge in [-0.15, -0.1) is 10.2 Å². The van der Waals surface area contributed by atoms with Crippen molar-refractivity contribution < 1.29 is 8.94 Å². The highest BCUT2D eigenvalue weighted by Gasteiger charge is 2.24. The highest BCUT2D eigenvalue weighted by atomic mass is 16.5. The number of fused-ring (bicyclic) bond motifs is 1. The van der Waals surface area contributed by atoms with Gasteiger partial charge in [0.05, 0.1) is 16.6 Å². The summed E-state index contributed by atoms with van der Waals surface area (Å²) in [7, 11) is 0. The molecular formula is C18H22N4O2. The van der Waals surface area contributed by atoms with Crippen molar-refractivity contribution >= 4 is 11.1 Å². The fourth-order valence-electron chi connectivity index (χ4n) is 3.36. The zero-order valence-corrected chi connectivity index (χ0v) is 14.4. The van der Waals surface area contributed by atoms with Crippen LogP contribution in [0.3, 0.4) is 0 Å². The van der Waals surface area contributed by atoms with E-state index in [1.54, 1.807) is 6.20 Å². The van der Waals surface area contributed by atoms with E-state index in [-0.39, 0.29) is 5.41 Å². The number of rotatable bonds is 3. The Labute approximate surface area is 140 Å². The fraction of sp³-hybridized carbons (Fsp3) is 0.556. The molecule has 3 aromatic heterocycles. The predicted octanol–water partition coefficient (Wildman–Crippen LogP) is 4.52. The molecule has 0 unspecified atom stereocenters. The van der Waals surface area contributed by atoms with Crippen molar-refractivity contribution in [1.82, 2.24) is 20.3 Å². The molecule has 4 rings (SSSR count). The quantitative estimate of drug-likeness (QED) is 0.704. The highest BCUT2D eigenvalue weighted by molar-refractivity contribution is 5.80. The second kappa shape index (κ2) is 5.69. The minimum atomic E-state index is 0.107. The molecule has 0 radical (unpaired) electrons. The molecule has 1 saturated carbocycles. The van der Waals surface area contributed by atoms with Gasteiger partial charge in [-0.25, -0.2) is 4.98 Å². The van der Waals surface area contributed by atoms with E-state index in [0.717, 1.165) is 23.1 Å². The molecule has 1 aliphatic carbocycles. The van der Waals surface area contributed by atoms with E-state index < -0.39 is 0 Å². The summed E-state index contributed by atoms with van der Waals surface area (Å²) >= 11 is 0. The van der Waals surface area contributed by atoms with Gasteiger partial charge in [0, 0.05) is 18.5 Å². The Morgan fingerprint density at radius 3 is 2.71 bits per heavy atom. The van der Waals surface area contributed by atoms with E-state index >= 15 is 0 Å². The first-order valence-corrected chi connectivity index (χ1v) is 8.58. The maximum atomic E-state index is 5.82. The Bertz CT molecular complexity index is 853. The standard InChI is InChI=1S/C18H22N4O2/c1-18(2,3)9-14-20-21-16(23-14)12-8-13-15(11-6-4-5-7-11)22-24-17(13)19-10-12/h8,10-11H,4-7,9H2,1-3H3. The van der Waals surface area contributed by atoms with Gasteiger partial charge in [-0.3, -0.25) is 0 Å². The van der Waals surface area contributed by atoms with Crippen LogP contribution in [-0.4, -0.2) is 20.3 Å². The largest absolute Gasteiger partial charge is 0.421 e. The second-order valence-corrected chi connectivity index (χ2v) is 7.86. The first kappa shape index (κ1) is 15.3. The summed E-state index contributed by atoms with van der Waals surface area (Å²) in [6.45, 7) is 6.44. The number of aromatic nitrogens is 4. The van der Waals surface area contributed by atoms with Crippen LogP contribution in [0.25, 0.3) is 22.6 Å². The van der Waals surface area contributed by atoms with Crippen molar-refractivity contribution in [1.29, 1.82) is 0 Å². The van der Waals surface area contributed by atoms with Gasteiger partial charge >= 0.3 is 0 Å². The van der Waals surface area contributed by atoms with Gasteiger partial charge in [-0.1, -0.05) is 38.8 Å². The van der Waals surface area contributed by atoms with Crippen LogP contribution in [-0.2, 0) is 6.42 Å². The van der Waals surface area contributed by atoms with Crippen LogP contribution in [0.2, 0.25) is 0 Å². The molecule has 3 heterocycles. The van der Waals surface area contributed by atoms with Crippen LogP contribution in [0, 0.1) is 5.41 Å². The minimum absolute atomic E-state index is 0.107. The molecule has 6 heteroatoms. The Balaban J connectivity index is 1.68. The van der Waals surface area contributed by atoms with E-state index in [1.807, 2.05) is 6.07 Å². The number of nitrogens with zero attached hydrogens (tertiary/aromatic N) is 4. The summed E-state index contributed by atoms with van der Waals surface area (Å²) in [5.41, 5.74) is 2.52. The average molecular weight is 326 g/mol. The van der Waals surface area contributed by atoms with Gasteiger partial charge in [0.2, 0.25) is 11.8 Å². The van der Waals surface area contributed by atoms with E-state index in [4.69, 9.17) is 8.94 Å². The summed E-state index contributed by atoms with van der Waals surface area (Å²) in [4.78, 5) is 4.38. The first-order chi connectivity index (χ1) is 11.5. The number of pyridine rings is 1. The van der Waals surface area contributed by atoms with Crippen LogP contribution in [0.1, 0.15) is 64.0 Å². The minimum Gasteiger partial charge on any atom is -0.421 e. The van der Waals surface area contributed by atoms with E-state index in [0.29, 0.717) is 23.4 Å². The van der Waals surface area contributed by atoms with E-state index in [2.05, 4.69) is 41.1 Å². The summed E-state index contributed by atoms with van der Waals surface area (Å²) < 4.78 is 11.2. The zero-order chi connectivity index (χ0) is 16.7. The van der Waals surface area contributed by atoms with Crippen molar-refractivity contribution in [2.75, 3.05) is 0 Å². The molecule has 6 nitrogen and oxygen atoms in total. The van der Waals surface area contributed by atoms with Gasteiger partial charge in [0.15, 0.2) is 0 Å². The highest BCUT2D eigenvalue weighted by Crippen LogP contribution is 2.37.